The molecule has 5 nitrogen and oxygen atoms in total. The summed E-state index contributed by atoms with van der Waals surface area (Å²) in [6, 6.07) is 12.9. The minimum atomic E-state index is -0.0928. The first-order valence-electron chi connectivity index (χ1n) is 8.96. The van der Waals surface area contributed by atoms with Gasteiger partial charge in [0, 0.05) is 23.7 Å². The molecule has 2 amide bonds. The highest BCUT2D eigenvalue weighted by atomic mass is 35.5. The summed E-state index contributed by atoms with van der Waals surface area (Å²) >= 11 is 5.80. The van der Waals surface area contributed by atoms with E-state index in [-0.39, 0.29) is 18.2 Å². The Morgan fingerprint density at radius 3 is 2.44 bits per heavy atom. The van der Waals surface area contributed by atoms with Crippen LogP contribution in [0.4, 0.5) is 5.69 Å². The van der Waals surface area contributed by atoms with Crippen LogP contribution < -0.4 is 15.4 Å². The van der Waals surface area contributed by atoms with E-state index in [1.165, 1.54) is 5.56 Å². The van der Waals surface area contributed by atoms with Crippen molar-refractivity contribution in [3.05, 3.63) is 58.6 Å². The monoisotopic (exact) mass is 388 g/mol. The largest absolute Gasteiger partial charge is 0.493 e. The fourth-order valence-corrected chi connectivity index (χ4v) is 2.66. The highest BCUT2D eigenvalue weighted by Crippen LogP contribution is 2.18. The molecule has 2 aromatic carbocycles. The maximum absolute atomic E-state index is 11.8. The van der Waals surface area contributed by atoms with Gasteiger partial charge in [-0.05, 0) is 56.2 Å². The second-order valence-corrected chi connectivity index (χ2v) is 6.81. The zero-order chi connectivity index (χ0) is 19.6. The summed E-state index contributed by atoms with van der Waals surface area (Å²) in [6.07, 6.45) is 1.19. The summed E-state index contributed by atoms with van der Waals surface area (Å²) in [4.78, 5) is 23.7. The van der Waals surface area contributed by atoms with E-state index in [0.717, 1.165) is 11.3 Å². The Labute approximate surface area is 165 Å². The van der Waals surface area contributed by atoms with Gasteiger partial charge in [-0.3, -0.25) is 9.59 Å². The van der Waals surface area contributed by atoms with E-state index in [4.69, 9.17) is 16.3 Å². The Morgan fingerprint density at radius 1 is 1.00 bits per heavy atom. The van der Waals surface area contributed by atoms with E-state index < -0.39 is 0 Å². The molecule has 0 aromatic heterocycles. The standard InChI is InChI=1S/C21H25ClN2O3/c1-15-5-10-19(16(2)14-15)27-13-11-20(25)23-12-3-4-21(26)24-18-8-6-17(22)7-9-18/h5-10,14H,3-4,11-13H2,1-2H3,(H,23,25)(H,24,26). The Hall–Kier alpha value is -2.53. The summed E-state index contributed by atoms with van der Waals surface area (Å²) in [6.45, 7) is 4.79. The van der Waals surface area contributed by atoms with Crippen LogP contribution in [0.15, 0.2) is 42.5 Å². The van der Waals surface area contributed by atoms with E-state index in [9.17, 15) is 9.59 Å². The van der Waals surface area contributed by atoms with Crippen molar-refractivity contribution in [1.82, 2.24) is 5.32 Å². The minimum Gasteiger partial charge on any atom is -0.493 e. The number of benzene rings is 2. The van der Waals surface area contributed by atoms with Crippen molar-refractivity contribution < 1.29 is 14.3 Å². The van der Waals surface area contributed by atoms with Gasteiger partial charge in [0.15, 0.2) is 0 Å². The van der Waals surface area contributed by atoms with E-state index >= 15 is 0 Å². The molecule has 2 aromatic rings. The Bertz CT molecular complexity index is 775. The first kappa shape index (κ1) is 20.8. The number of ether oxygens (including phenoxy) is 1. The highest BCUT2D eigenvalue weighted by Gasteiger charge is 2.06. The predicted octanol–water partition coefficient (Wildman–Crippen LogP) is 4.26. The molecule has 144 valence electrons. The van der Waals surface area contributed by atoms with Crippen molar-refractivity contribution in [2.45, 2.75) is 33.1 Å². The lowest BCUT2D eigenvalue weighted by Crippen LogP contribution is -2.26. The van der Waals surface area contributed by atoms with Gasteiger partial charge in [-0.1, -0.05) is 29.3 Å². The predicted molar refractivity (Wildman–Crippen MR) is 108 cm³/mol. The zero-order valence-corrected chi connectivity index (χ0v) is 16.4. The maximum Gasteiger partial charge on any atom is 0.224 e. The van der Waals surface area contributed by atoms with Crippen molar-refractivity contribution in [1.29, 1.82) is 0 Å². The van der Waals surface area contributed by atoms with Crippen LogP contribution in [0.25, 0.3) is 0 Å². The van der Waals surface area contributed by atoms with Crippen LogP contribution in [0, 0.1) is 13.8 Å². The number of amides is 2. The fraction of sp³-hybridized carbons (Fsp3) is 0.333. The van der Waals surface area contributed by atoms with Crippen LogP contribution in [0.3, 0.4) is 0 Å². The molecule has 0 heterocycles. The average molecular weight is 389 g/mol. The SMILES string of the molecule is Cc1ccc(OCCC(=O)NCCCC(=O)Nc2ccc(Cl)cc2)c(C)c1. The van der Waals surface area contributed by atoms with Crippen molar-refractivity contribution in [2.24, 2.45) is 0 Å². The van der Waals surface area contributed by atoms with Crippen LogP contribution in [-0.4, -0.2) is 25.0 Å². The van der Waals surface area contributed by atoms with Crippen LogP contribution >= 0.6 is 11.6 Å². The number of nitrogens with one attached hydrogen (secondary N) is 2. The molecule has 0 saturated carbocycles. The summed E-state index contributed by atoms with van der Waals surface area (Å²) in [5.41, 5.74) is 2.94. The molecular formula is C21H25ClN2O3. The third-order valence-corrected chi connectivity index (χ3v) is 4.20. The molecule has 0 aliphatic heterocycles. The van der Waals surface area contributed by atoms with Gasteiger partial charge in [-0.25, -0.2) is 0 Å². The number of hydrogen-bond donors (Lipinski definition) is 2. The van der Waals surface area contributed by atoms with Gasteiger partial charge in [0.05, 0.1) is 13.0 Å². The van der Waals surface area contributed by atoms with Crippen molar-refractivity contribution in [2.75, 3.05) is 18.5 Å². The lowest BCUT2D eigenvalue weighted by atomic mass is 10.1. The number of rotatable bonds is 9. The third-order valence-electron chi connectivity index (χ3n) is 3.95. The lowest BCUT2D eigenvalue weighted by Gasteiger charge is -2.10. The zero-order valence-electron chi connectivity index (χ0n) is 15.7. The van der Waals surface area contributed by atoms with Crippen LogP contribution in [0.1, 0.15) is 30.4 Å². The molecule has 0 radical (unpaired) electrons. The van der Waals surface area contributed by atoms with E-state index in [1.54, 1.807) is 24.3 Å². The number of carbonyl (C=O) groups is 2. The van der Waals surface area contributed by atoms with Crippen molar-refractivity contribution in [3.63, 3.8) is 0 Å². The molecule has 0 aliphatic rings. The summed E-state index contributed by atoms with van der Waals surface area (Å²) in [5, 5.41) is 6.21. The summed E-state index contributed by atoms with van der Waals surface area (Å²) in [7, 11) is 0. The lowest BCUT2D eigenvalue weighted by molar-refractivity contribution is -0.122. The summed E-state index contributed by atoms with van der Waals surface area (Å²) < 4.78 is 5.65. The molecule has 2 rings (SSSR count). The maximum atomic E-state index is 11.8. The molecular weight excluding hydrogens is 364 g/mol. The number of carbonyl (C=O) groups excluding carboxylic acids is 2. The molecule has 2 N–H and O–H groups in total. The van der Waals surface area contributed by atoms with Crippen molar-refractivity contribution >= 4 is 29.1 Å². The third kappa shape index (κ3) is 7.71. The number of halogens is 1. The molecule has 0 fully saturated rings. The smallest absolute Gasteiger partial charge is 0.224 e. The molecule has 0 aliphatic carbocycles. The average Bonchev–Trinajstić information content (AvgIpc) is 2.62. The van der Waals surface area contributed by atoms with Gasteiger partial charge in [0.2, 0.25) is 11.8 Å². The second kappa shape index (κ2) is 10.6. The topological polar surface area (TPSA) is 67.4 Å². The minimum absolute atomic E-state index is 0.0853. The molecule has 0 bridgehead atoms. The van der Waals surface area contributed by atoms with Gasteiger partial charge >= 0.3 is 0 Å². The molecule has 0 atom stereocenters. The van der Waals surface area contributed by atoms with Crippen LogP contribution in [0.5, 0.6) is 5.75 Å². The molecule has 27 heavy (non-hydrogen) atoms. The second-order valence-electron chi connectivity index (χ2n) is 6.38. The van der Waals surface area contributed by atoms with Crippen LogP contribution in [-0.2, 0) is 9.59 Å². The molecule has 0 unspecified atom stereocenters. The molecule has 0 spiro atoms. The molecule has 6 heteroatoms. The van der Waals surface area contributed by atoms with Gasteiger partial charge < -0.3 is 15.4 Å². The van der Waals surface area contributed by atoms with E-state index in [0.29, 0.717) is 36.7 Å². The highest BCUT2D eigenvalue weighted by molar-refractivity contribution is 6.30. The number of anilines is 1. The fourth-order valence-electron chi connectivity index (χ4n) is 2.54. The van der Waals surface area contributed by atoms with Gasteiger partial charge in [0.1, 0.15) is 5.75 Å². The Morgan fingerprint density at radius 2 is 1.74 bits per heavy atom. The van der Waals surface area contributed by atoms with E-state index in [1.807, 2.05) is 32.0 Å². The first-order valence-corrected chi connectivity index (χ1v) is 9.34. The van der Waals surface area contributed by atoms with Gasteiger partial charge in [-0.15, -0.1) is 0 Å². The van der Waals surface area contributed by atoms with E-state index in [2.05, 4.69) is 10.6 Å². The van der Waals surface area contributed by atoms with Crippen LogP contribution in [0.2, 0.25) is 5.02 Å². The van der Waals surface area contributed by atoms with Gasteiger partial charge in [0.25, 0.3) is 0 Å². The van der Waals surface area contributed by atoms with Gasteiger partial charge in [-0.2, -0.15) is 0 Å². The molecule has 0 saturated heterocycles. The normalized spacial score (nSPS) is 10.3. The first-order chi connectivity index (χ1) is 12.9. The quantitative estimate of drug-likeness (QED) is 0.630. The summed E-state index contributed by atoms with van der Waals surface area (Å²) in [5.74, 6) is 0.620. The number of hydrogen-bond acceptors (Lipinski definition) is 3. The Kier molecular flexibility index (Phi) is 8.14. The van der Waals surface area contributed by atoms with Crippen molar-refractivity contribution in [3.8, 4) is 5.75 Å². The number of aryl methyl sites for hydroxylation is 2. The Balaban J connectivity index is 1.57.